The van der Waals surface area contributed by atoms with Crippen molar-refractivity contribution in [3.05, 3.63) is 37.2 Å². The highest BCUT2D eigenvalue weighted by atomic mass is 16.5. The summed E-state index contributed by atoms with van der Waals surface area (Å²) >= 11 is 0. The molecule has 0 fully saturated rings. The van der Waals surface area contributed by atoms with Crippen molar-refractivity contribution in [1.82, 2.24) is 9.97 Å². The zero-order valence-corrected chi connectivity index (χ0v) is 7.16. The van der Waals surface area contributed by atoms with Crippen LogP contribution in [0.3, 0.4) is 0 Å². The number of imidazole rings is 1. The van der Waals surface area contributed by atoms with Crippen LogP contribution in [0.1, 0.15) is 0 Å². The van der Waals surface area contributed by atoms with E-state index in [1.54, 1.807) is 12.4 Å². The molecule has 2 aromatic rings. The van der Waals surface area contributed by atoms with E-state index in [1.165, 1.54) is 0 Å². The molecule has 0 unspecified atom stereocenters. The summed E-state index contributed by atoms with van der Waals surface area (Å²) < 4.78 is 5.37. The maximum Gasteiger partial charge on any atom is 0.122 e. The molecule has 0 amide bonds. The third kappa shape index (κ3) is 1.54. The predicted octanol–water partition coefficient (Wildman–Crippen LogP) is 2.13. The van der Waals surface area contributed by atoms with Crippen molar-refractivity contribution < 1.29 is 4.74 Å². The minimum Gasteiger partial charge on any atom is -0.489 e. The summed E-state index contributed by atoms with van der Waals surface area (Å²) in [4.78, 5) is 7.13. The molecule has 0 spiro atoms. The van der Waals surface area contributed by atoms with Crippen LogP contribution < -0.4 is 4.74 Å². The fourth-order valence-electron chi connectivity index (χ4n) is 1.16. The minimum absolute atomic E-state index is 0.527. The summed E-state index contributed by atoms with van der Waals surface area (Å²) in [6.45, 7) is 4.11. The number of ether oxygens (including phenoxy) is 1. The van der Waals surface area contributed by atoms with E-state index < -0.39 is 0 Å². The second-order valence-electron chi connectivity index (χ2n) is 2.68. The first-order valence-electron chi connectivity index (χ1n) is 4.07. The van der Waals surface area contributed by atoms with Crippen LogP contribution in [0.15, 0.2) is 37.2 Å². The molecule has 66 valence electrons. The lowest BCUT2D eigenvalue weighted by atomic mass is 10.3. The molecule has 0 aliphatic heterocycles. The fourth-order valence-corrected chi connectivity index (χ4v) is 1.16. The van der Waals surface area contributed by atoms with Gasteiger partial charge in [-0.2, -0.15) is 0 Å². The van der Waals surface area contributed by atoms with Crippen LogP contribution in [0.25, 0.3) is 11.0 Å². The maximum atomic E-state index is 5.37. The maximum absolute atomic E-state index is 5.37. The summed E-state index contributed by atoms with van der Waals surface area (Å²) in [5, 5.41) is 0. The quantitative estimate of drug-likeness (QED) is 0.724. The molecular formula is C10H10N2O. The molecule has 1 heterocycles. The zero-order valence-electron chi connectivity index (χ0n) is 7.16. The zero-order chi connectivity index (χ0) is 9.10. The SMILES string of the molecule is C=CCOc1ccc2nc[nH]c2c1. The second-order valence-corrected chi connectivity index (χ2v) is 2.68. The number of hydrogen-bond acceptors (Lipinski definition) is 2. The van der Waals surface area contributed by atoms with Crippen molar-refractivity contribution in [3.63, 3.8) is 0 Å². The number of aromatic nitrogens is 2. The Labute approximate surface area is 76.1 Å². The van der Waals surface area contributed by atoms with Gasteiger partial charge in [-0.05, 0) is 12.1 Å². The largest absolute Gasteiger partial charge is 0.489 e. The molecule has 0 bridgehead atoms. The Hall–Kier alpha value is -1.77. The highest BCUT2D eigenvalue weighted by Crippen LogP contribution is 2.17. The Morgan fingerprint density at radius 1 is 1.54 bits per heavy atom. The molecule has 2 rings (SSSR count). The Morgan fingerprint density at radius 2 is 2.46 bits per heavy atom. The third-order valence-electron chi connectivity index (χ3n) is 1.76. The van der Waals surface area contributed by atoms with E-state index in [1.807, 2.05) is 18.2 Å². The molecule has 0 saturated carbocycles. The van der Waals surface area contributed by atoms with E-state index in [4.69, 9.17) is 4.74 Å². The fraction of sp³-hybridized carbons (Fsp3) is 0.100. The number of aromatic amines is 1. The van der Waals surface area contributed by atoms with Crippen LogP contribution in [0.4, 0.5) is 0 Å². The van der Waals surface area contributed by atoms with Gasteiger partial charge >= 0.3 is 0 Å². The Morgan fingerprint density at radius 3 is 3.31 bits per heavy atom. The third-order valence-corrected chi connectivity index (χ3v) is 1.76. The van der Waals surface area contributed by atoms with Gasteiger partial charge in [-0.3, -0.25) is 0 Å². The van der Waals surface area contributed by atoms with Gasteiger partial charge in [-0.1, -0.05) is 12.7 Å². The van der Waals surface area contributed by atoms with Gasteiger partial charge in [0.1, 0.15) is 12.4 Å². The molecule has 1 N–H and O–H groups in total. The van der Waals surface area contributed by atoms with Crippen LogP contribution in [0.2, 0.25) is 0 Å². The predicted molar refractivity (Wildman–Crippen MR) is 51.8 cm³/mol. The van der Waals surface area contributed by atoms with Crippen LogP contribution in [0, 0.1) is 0 Å². The number of rotatable bonds is 3. The van der Waals surface area contributed by atoms with Crippen molar-refractivity contribution in [2.45, 2.75) is 0 Å². The first kappa shape index (κ1) is 7.86. The average molecular weight is 174 g/mol. The molecule has 1 aromatic heterocycles. The van der Waals surface area contributed by atoms with E-state index >= 15 is 0 Å². The molecule has 1 aromatic carbocycles. The molecule has 0 saturated heterocycles. The van der Waals surface area contributed by atoms with E-state index in [0.717, 1.165) is 16.8 Å². The first-order valence-corrected chi connectivity index (χ1v) is 4.07. The standard InChI is InChI=1S/C10H10N2O/c1-2-5-13-8-3-4-9-10(6-8)12-7-11-9/h2-4,6-7H,1,5H2,(H,11,12). The van der Waals surface area contributed by atoms with Gasteiger partial charge < -0.3 is 9.72 Å². The van der Waals surface area contributed by atoms with Crippen molar-refractivity contribution in [2.24, 2.45) is 0 Å². The van der Waals surface area contributed by atoms with E-state index in [9.17, 15) is 0 Å². The Balaban J connectivity index is 2.31. The topological polar surface area (TPSA) is 37.9 Å². The van der Waals surface area contributed by atoms with Gasteiger partial charge in [0.25, 0.3) is 0 Å². The highest BCUT2D eigenvalue weighted by Gasteiger charge is 1.97. The van der Waals surface area contributed by atoms with Gasteiger partial charge in [0.15, 0.2) is 0 Å². The summed E-state index contributed by atoms with van der Waals surface area (Å²) in [6, 6.07) is 5.74. The lowest BCUT2D eigenvalue weighted by Crippen LogP contribution is -1.91. The highest BCUT2D eigenvalue weighted by molar-refractivity contribution is 5.75. The number of fused-ring (bicyclic) bond motifs is 1. The lowest BCUT2D eigenvalue weighted by molar-refractivity contribution is 0.363. The van der Waals surface area contributed by atoms with Crippen molar-refractivity contribution in [1.29, 1.82) is 0 Å². The van der Waals surface area contributed by atoms with E-state index in [0.29, 0.717) is 6.61 Å². The smallest absolute Gasteiger partial charge is 0.122 e. The molecule has 0 aliphatic rings. The second kappa shape index (κ2) is 3.31. The molecule has 13 heavy (non-hydrogen) atoms. The number of hydrogen-bond donors (Lipinski definition) is 1. The van der Waals surface area contributed by atoms with Crippen LogP contribution in [-0.4, -0.2) is 16.6 Å². The van der Waals surface area contributed by atoms with Crippen LogP contribution >= 0.6 is 0 Å². The summed E-state index contributed by atoms with van der Waals surface area (Å²) in [5.74, 6) is 0.830. The number of H-pyrrole nitrogens is 1. The van der Waals surface area contributed by atoms with Crippen molar-refractivity contribution in [3.8, 4) is 5.75 Å². The van der Waals surface area contributed by atoms with E-state index in [2.05, 4.69) is 16.5 Å². The first-order chi connectivity index (χ1) is 6.40. The van der Waals surface area contributed by atoms with Gasteiger partial charge in [-0.25, -0.2) is 4.98 Å². The van der Waals surface area contributed by atoms with Gasteiger partial charge in [0, 0.05) is 6.07 Å². The normalized spacial score (nSPS) is 10.2. The number of benzene rings is 1. The summed E-state index contributed by atoms with van der Waals surface area (Å²) in [7, 11) is 0. The summed E-state index contributed by atoms with van der Waals surface area (Å²) in [5.41, 5.74) is 1.94. The van der Waals surface area contributed by atoms with Gasteiger partial charge in [0.05, 0.1) is 17.4 Å². The van der Waals surface area contributed by atoms with Crippen molar-refractivity contribution in [2.75, 3.05) is 6.61 Å². The number of nitrogens with one attached hydrogen (secondary N) is 1. The monoisotopic (exact) mass is 174 g/mol. The molecule has 0 radical (unpaired) electrons. The molecular weight excluding hydrogens is 164 g/mol. The van der Waals surface area contributed by atoms with E-state index in [-0.39, 0.29) is 0 Å². The van der Waals surface area contributed by atoms with Crippen LogP contribution in [-0.2, 0) is 0 Å². The summed E-state index contributed by atoms with van der Waals surface area (Å²) in [6.07, 6.45) is 3.39. The van der Waals surface area contributed by atoms with Gasteiger partial charge in [0.2, 0.25) is 0 Å². The lowest BCUT2D eigenvalue weighted by Gasteiger charge is -2.01. The Kier molecular flexibility index (Phi) is 2.00. The van der Waals surface area contributed by atoms with Crippen molar-refractivity contribution >= 4 is 11.0 Å². The molecule has 0 atom stereocenters. The molecule has 3 nitrogen and oxygen atoms in total. The Bertz CT molecular complexity index is 420. The molecule has 0 aliphatic carbocycles. The average Bonchev–Trinajstić information content (AvgIpc) is 2.61. The minimum atomic E-state index is 0.527. The number of nitrogens with zero attached hydrogens (tertiary/aromatic N) is 1. The van der Waals surface area contributed by atoms with Gasteiger partial charge in [-0.15, -0.1) is 0 Å². The molecule has 3 heteroatoms. The van der Waals surface area contributed by atoms with Crippen LogP contribution in [0.5, 0.6) is 5.75 Å².